The summed E-state index contributed by atoms with van der Waals surface area (Å²) in [6, 6.07) is 3.64. The molecule has 1 aromatic carbocycles. The Morgan fingerprint density at radius 2 is 2.14 bits per heavy atom. The first-order valence-corrected chi connectivity index (χ1v) is 4.84. The van der Waals surface area contributed by atoms with Gasteiger partial charge in [-0.3, -0.25) is 0 Å². The lowest BCUT2D eigenvalue weighted by Gasteiger charge is -2.09. The number of rotatable bonds is 3. The zero-order valence-corrected chi connectivity index (χ0v) is 8.83. The molecule has 74 valence electrons. The van der Waals surface area contributed by atoms with Crippen molar-refractivity contribution in [2.24, 2.45) is 10.8 Å². The van der Waals surface area contributed by atoms with Crippen LogP contribution in [0.5, 0.6) is 0 Å². The van der Waals surface area contributed by atoms with Crippen LogP contribution >= 0.6 is 12.6 Å². The van der Waals surface area contributed by atoms with Crippen molar-refractivity contribution in [3.8, 4) is 0 Å². The molecule has 0 radical (unpaired) electrons. The van der Waals surface area contributed by atoms with Crippen LogP contribution in [0.4, 0.5) is 5.69 Å². The van der Waals surface area contributed by atoms with Gasteiger partial charge in [-0.25, -0.2) is 0 Å². The summed E-state index contributed by atoms with van der Waals surface area (Å²) in [6.07, 6.45) is 0. The van der Waals surface area contributed by atoms with Gasteiger partial charge in [0.15, 0.2) is 0 Å². The van der Waals surface area contributed by atoms with Crippen LogP contribution in [0.1, 0.15) is 16.7 Å². The van der Waals surface area contributed by atoms with Gasteiger partial charge in [0.25, 0.3) is 0 Å². The van der Waals surface area contributed by atoms with Crippen LogP contribution in [0.25, 0.3) is 10.4 Å². The summed E-state index contributed by atoms with van der Waals surface area (Å²) in [5.74, 6) is 0.619. The van der Waals surface area contributed by atoms with E-state index in [1.54, 1.807) is 0 Å². The maximum absolute atomic E-state index is 8.32. The normalized spacial score (nSPS) is 9.64. The van der Waals surface area contributed by atoms with Gasteiger partial charge >= 0.3 is 0 Å². The van der Waals surface area contributed by atoms with Crippen LogP contribution in [-0.4, -0.2) is 0 Å². The standard InChI is InChI=1S/C9H12N4S/c1-6-7(4-10)2-9(12-13-11)3-8(6)5-14/h2-3,14H,4-5,10H2,1H3. The maximum Gasteiger partial charge on any atom is 0.0381 e. The molecule has 4 nitrogen and oxygen atoms in total. The predicted molar refractivity (Wildman–Crippen MR) is 60.6 cm³/mol. The van der Waals surface area contributed by atoms with Crippen molar-refractivity contribution in [3.63, 3.8) is 0 Å². The molecule has 1 aromatic rings. The van der Waals surface area contributed by atoms with Crippen LogP contribution in [0.3, 0.4) is 0 Å². The Labute approximate surface area is 88.2 Å². The van der Waals surface area contributed by atoms with E-state index in [1.165, 1.54) is 0 Å². The van der Waals surface area contributed by atoms with Gasteiger partial charge in [0, 0.05) is 22.9 Å². The first-order chi connectivity index (χ1) is 6.72. The van der Waals surface area contributed by atoms with Crippen molar-refractivity contribution in [1.82, 2.24) is 0 Å². The van der Waals surface area contributed by atoms with E-state index in [-0.39, 0.29) is 0 Å². The average Bonchev–Trinajstić information content (AvgIpc) is 2.20. The smallest absolute Gasteiger partial charge is 0.0381 e. The number of azide groups is 1. The van der Waals surface area contributed by atoms with E-state index in [1.807, 2.05) is 19.1 Å². The lowest BCUT2D eigenvalue weighted by molar-refractivity contribution is 1.04. The highest BCUT2D eigenvalue weighted by Crippen LogP contribution is 2.23. The molecule has 5 heteroatoms. The number of benzene rings is 1. The van der Waals surface area contributed by atoms with Gasteiger partial charge in [0.05, 0.1) is 0 Å². The van der Waals surface area contributed by atoms with Crippen LogP contribution in [0.15, 0.2) is 17.2 Å². The number of nitrogens with zero attached hydrogens (tertiary/aromatic N) is 3. The SMILES string of the molecule is Cc1c(CN)cc(N=[N+]=[N-])cc1CS. The summed E-state index contributed by atoms with van der Waals surface area (Å²) in [7, 11) is 0. The number of nitrogens with two attached hydrogens (primary N) is 1. The zero-order valence-electron chi connectivity index (χ0n) is 7.94. The Bertz CT molecular complexity index is 357. The molecule has 0 amide bonds. The van der Waals surface area contributed by atoms with Crippen LogP contribution < -0.4 is 5.73 Å². The van der Waals surface area contributed by atoms with E-state index in [0.717, 1.165) is 16.7 Å². The molecule has 0 atom stereocenters. The highest BCUT2D eigenvalue weighted by atomic mass is 32.1. The molecule has 0 saturated heterocycles. The summed E-state index contributed by atoms with van der Waals surface area (Å²) in [5.41, 5.74) is 17.7. The molecule has 0 spiro atoms. The summed E-state index contributed by atoms with van der Waals surface area (Å²) >= 11 is 4.21. The molecule has 0 aliphatic rings. The largest absolute Gasteiger partial charge is 0.326 e. The Morgan fingerprint density at radius 1 is 1.50 bits per heavy atom. The van der Waals surface area contributed by atoms with Crippen LogP contribution in [0.2, 0.25) is 0 Å². The topological polar surface area (TPSA) is 74.8 Å². The molecule has 1 rings (SSSR count). The van der Waals surface area contributed by atoms with Crippen LogP contribution in [-0.2, 0) is 12.3 Å². The molecule has 2 N–H and O–H groups in total. The van der Waals surface area contributed by atoms with E-state index in [0.29, 0.717) is 18.0 Å². The Balaban J connectivity index is 3.31. The summed E-state index contributed by atoms with van der Waals surface area (Å²) < 4.78 is 0. The Hall–Kier alpha value is -1.16. The minimum atomic E-state index is 0.446. The first kappa shape index (κ1) is 10.9. The zero-order chi connectivity index (χ0) is 10.6. The summed E-state index contributed by atoms with van der Waals surface area (Å²) in [5, 5.41) is 3.56. The van der Waals surface area contributed by atoms with Crippen molar-refractivity contribution < 1.29 is 0 Å². The second-order valence-corrected chi connectivity index (χ2v) is 3.26. The molecule has 0 saturated carbocycles. The molecule has 0 aliphatic heterocycles. The number of hydrogen-bond acceptors (Lipinski definition) is 3. The third-order valence-corrected chi connectivity index (χ3v) is 2.50. The van der Waals surface area contributed by atoms with Gasteiger partial charge in [-0.05, 0) is 41.3 Å². The third-order valence-electron chi connectivity index (χ3n) is 2.16. The molecule has 0 heterocycles. The molecule has 0 fully saturated rings. The van der Waals surface area contributed by atoms with Crippen molar-refractivity contribution in [2.45, 2.75) is 19.2 Å². The fraction of sp³-hybridized carbons (Fsp3) is 0.333. The van der Waals surface area contributed by atoms with Crippen molar-refractivity contribution in [3.05, 3.63) is 39.3 Å². The van der Waals surface area contributed by atoms with Gasteiger partial charge < -0.3 is 5.73 Å². The third kappa shape index (κ3) is 2.20. The van der Waals surface area contributed by atoms with Gasteiger partial charge in [0.2, 0.25) is 0 Å². The second kappa shape index (κ2) is 4.91. The highest BCUT2D eigenvalue weighted by Gasteiger charge is 2.03. The fourth-order valence-corrected chi connectivity index (χ4v) is 1.64. The van der Waals surface area contributed by atoms with Crippen molar-refractivity contribution in [2.75, 3.05) is 0 Å². The molecule has 0 aromatic heterocycles. The van der Waals surface area contributed by atoms with E-state index in [9.17, 15) is 0 Å². The highest BCUT2D eigenvalue weighted by molar-refractivity contribution is 7.79. The first-order valence-electron chi connectivity index (χ1n) is 4.21. The summed E-state index contributed by atoms with van der Waals surface area (Å²) in [4.78, 5) is 2.75. The van der Waals surface area contributed by atoms with E-state index in [2.05, 4.69) is 22.7 Å². The fourth-order valence-electron chi connectivity index (χ4n) is 1.31. The van der Waals surface area contributed by atoms with Crippen molar-refractivity contribution in [1.29, 1.82) is 0 Å². The van der Waals surface area contributed by atoms with Gasteiger partial charge in [-0.1, -0.05) is 5.11 Å². The molecular formula is C9H12N4S. The minimum absolute atomic E-state index is 0.446. The van der Waals surface area contributed by atoms with Crippen LogP contribution in [0, 0.1) is 6.92 Å². The van der Waals surface area contributed by atoms with Gasteiger partial charge in [-0.2, -0.15) is 12.6 Å². The second-order valence-electron chi connectivity index (χ2n) is 2.94. The van der Waals surface area contributed by atoms with Gasteiger partial charge in [-0.15, -0.1) is 0 Å². The molecule has 0 aliphatic carbocycles. The average molecular weight is 208 g/mol. The minimum Gasteiger partial charge on any atom is -0.326 e. The lowest BCUT2D eigenvalue weighted by Crippen LogP contribution is -2.01. The quantitative estimate of drug-likeness (QED) is 0.341. The van der Waals surface area contributed by atoms with E-state index < -0.39 is 0 Å². The van der Waals surface area contributed by atoms with E-state index in [4.69, 9.17) is 11.3 Å². The number of thiol groups is 1. The maximum atomic E-state index is 8.32. The molecule has 0 bridgehead atoms. The number of hydrogen-bond donors (Lipinski definition) is 2. The van der Waals surface area contributed by atoms with Crippen molar-refractivity contribution >= 4 is 18.3 Å². The van der Waals surface area contributed by atoms with E-state index >= 15 is 0 Å². The summed E-state index contributed by atoms with van der Waals surface area (Å²) in [6.45, 7) is 2.44. The monoisotopic (exact) mass is 208 g/mol. The Morgan fingerprint density at radius 3 is 2.64 bits per heavy atom. The predicted octanol–water partition coefficient (Wildman–Crippen LogP) is 2.83. The van der Waals surface area contributed by atoms with Gasteiger partial charge in [0.1, 0.15) is 0 Å². The Kier molecular flexibility index (Phi) is 3.83. The molecule has 0 unspecified atom stereocenters. The molecule has 14 heavy (non-hydrogen) atoms. The molecular weight excluding hydrogens is 196 g/mol. The lowest BCUT2D eigenvalue weighted by atomic mass is 10.0.